The van der Waals surface area contributed by atoms with E-state index in [1.807, 2.05) is 26.1 Å². The first-order valence-electron chi connectivity index (χ1n) is 6.73. The molecule has 0 unspecified atom stereocenters. The van der Waals surface area contributed by atoms with E-state index in [4.69, 9.17) is 23.2 Å². The van der Waals surface area contributed by atoms with E-state index >= 15 is 0 Å². The van der Waals surface area contributed by atoms with Crippen molar-refractivity contribution in [3.63, 3.8) is 0 Å². The van der Waals surface area contributed by atoms with Crippen LogP contribution in [0.25, 0.3) is 0 Å². The molecule has 2 aromatic rings. The van der Waals surface area contributed by atoms with Crippen molar-refractivity contribution in [2.75, 3.05) is 12.4 Å². The zero-order chi connectivity index (χ0) is 15.4. The van der Waals surface area contributed by atoms with Gasteiger partial charge in [-0.25, -0.2) is 9.97 Å². The fourth-order valence-corrected chi connectivity index (χ4v) is 3.17. The second-order valence-corrected chi connectivity index (χ2v) is 6.47. The van der Waals surface area contributed by atoms with Crippen molar-refractivity contribution in [3.05, 3.63) is 39.6 Å². The number of aromatic nitrogens is 2. The van der Waals surface area contributed by atoms with E-state index in [0.717, 1.165) is 40.0 Å². The number of hydrogen-bond donors (Lipinski definition) is 1. The summed E-state index contributed by atoms with van der Waals surface area (Å²) < 4.78 is 0. The number of hydrogen-bond acceptors (Lipinski definition) is 4. The Morgan fingerprint density at radius 1 is 1.19 bits per heavy atom. The molecule has 1 aromatic carbocycles. The van der Waals surface area contributed by atoms with Gasteiger partial charge in [-0.2, -0.15) is 0 Å². The monoisotopic (exact) mass is 341 g/mol. The molecule has 0 aliphatic rings. The summed E-state index contributed by atoms with van der Waals surface area (Å²) >= 11 is 13.6. The van der Waals surface area contributed by atoms with Crippen LogP contribution in [0.3, 0.4) is 0 Å². The maximum absolute atomic E-state index is 6.07. The fraction of sp³-hybridized carbons (Fsp3) is 0.333. The molecule has 0 spiro atoms. The van der Waals surface area contributed by atoms with Gasteiger partial charge in [0.15, 0.2) is 0 Å². The molecule has 0 saturated carbocycles. The van der Waals surface area contributed by atoms with E-state index in [1.54, 1.807) is 17.8 Å². The third kappa shape index (κ3) is 4.02. The third-order valence-corrected chi connectivity index (χ3v) is 4.78. The van der Waals surface area contributed by atoms with E-state index < -0.39 is 0 Å². The molecular formula is C15H17Cl2N3S. The van der Waals surface area contributed by atoms with Gasteiger partial charge in [0.25, 0.3) is 0 Å². The van der Waals surface area contributed by atoms with Crippen LogP contribution in [0.1, 0.15) is 24.7 Å². The van der Waals surface area contributed by atoms with E-state index in [9.17, 15) is 0 Å². The molecule has 2 rings (SSSR count). The minimum Gasteiger partial charge on any atom is -0.373 e. The Bertz CT molecular complexity index is 647. The van der Waals surface area contributed by atoms with E-state index in [2.05, 4.69) is 22.2 Å². The minimum absolute atomic E-state index is 0.552. The number of nitrogens with one attached hydrogen (secondary N) is 1. The molecule has 0 fully saturated rings. The first-order chi connectivity index (χ1) is 10.0. The summed E-state index contributed by atoms with van der Waals surface area (Å²) in [5.41, 5.74) is 1.04. The molecule has 6 heteroatoms. The lowest BCUT2D eigenvalue weighted by Crippen LogP contribution is -2.04. The highest BCUT2D eigenvalue weighted by atomic mass is 35.5. The van der Waals surface area contributed by atoms with Gasteiger partial charge < -0.3 is 5.32 Å². The van der Waals surface area contributed by atoms with Gasteiger partial charge in [-0.05, 0) is 31.5 Å². The lowest BCUT2D eigenvalue weighted by Gasteiger charge is -2.12. The van der Waals surface area contributed by atoms with Crippen LogP contribution >= 0.6 is 35.0 Å². The Labute approximate surface area is 139 Å². The second kappa shape index (κ2) is 7.34. The van der Waals surface area contributed by atoms with Crippen LogP contribution in [0.4, 0.5) is 5.82 Å². The average molecular weight is 342 g/mol. The maximum atomic E-state index is 6.07. The lowest BCUT2D eigenvalue weighted by molar-refractivity contribution is 0.804. The van der Waals surface area contributed by atoms with Crippen molar-refractivity contribution in [1.29, 1.82) is 0 Å². The van der Waals surface area contributed by atoms with E-state index in [0.29, 0.717) is 10.0 Å². The minimum atomic E-state index is 0.552. The molecule has 0 saturated heterocycles. The molecule has 3 nitrogen and oxygen atoms in total. The molecule has 1 aromatic heterocycles. The predicted octanol–water partition coefficient (Wildman–Crippen LogP) is 5.24. The predicted molar refractivity (Wildman–Crippen MR) is 90.9 cm³/mol. The van der Waals surface area contributed by atoms with Crippen molar-refractivity contribution in [2.24, 2.45) is 0 Å². The second-order valence-electron chi connectivity index (χ2n) is 4.60. The zero-order valence-corrected chi connectivity index (χ0v) is 14.5. The molecule has 1 N–H and O–H groups in total. The van der Waals surface area contributed by atoms with Gasteiger partial charge >= 0.3 is 0 Å². The summed E-state index contributed by atoms with van der Waals surface area (Å²) in [7, 11) is 1.87. The van der Waals surface area contributed by atoms with Crippen molar-refractivity contribution in [1.82, 2.24) is 9.97 Å². The normalized spacial score (nSPS) is 10.7. The van der Waals surface area contributed by atoms with Crippen molar-refractivity contribution < 1.29 is 0 Å². The topological polar surface area (TPSA) is 37.8 Å². The highest BCUT2D eigenvalue weighted by Gasteiger charge is 2.12. The molecule has 0 aliphatic heterocycles. The third-order valence-electron chi connectivity index (χ3n) is 2.96. The molecule has 0 amide bonds. The number of rotatable bonds is 5. The first-order valence-corrected chi connectivity index (χ1v) is 8.30. The SMILES string of the molecule is CCCc1nc(NC)c(C)c(Sc2ccc(Cl)c(Cl)c2)n1. The summed E-state index contributed by atoms with van der Waals surface area (Å²) in [6.07, 6.45) is 1.88. The number of nitrogens with zero attached hydrogens (tertiary/aromatic N) is 2. The molecular weight excluding hydrogens is 325 g/mol. The summed E-state index contributed by atoms with van der Waals surface area (Å²) in [5.74, 6) is 1.73. The van der Waals surface area contributed by atoms with Crippen LogP contribution in [0.15, 0.2) is 28.1 Å². The first kappa shape index (κ1) is 16.4. The van der Waals surface area contributed by atoms with Crippen molar-refractivity contribution >= 4 is 40.8 Å². The molecule has 0 atom stereocenters. The van der Waals surface area contributed by atoms with E-state index in [1.165, 1.54) is 0 Å². The fourth-order valence-electron chi connectivity index (χ4n) is 1.87. The van der Waals surface area contributed by atoms with Gasteiger partial charge in [0.1, 0.15) is 16.7 Å². The van der Waals surface area contributed by atoms with Gasteiger partial charge in [-0.15, -0.1) is 0 Å². The average Bonchev–Trinajstić information content (AvgIpc) is 2.46. The molecule has 112 valence electrons. The molecule has 0 aliphatic carbocycles. The molecule has 0 bridgehead atoms. The quantitative estimate of drug-likeness (QED) is 0.755. The van der Waals surface area contributed by atoms with Gasteiger partial charge in [0, 0.05) is 23.9 Å². The number of halogens is 2. The Hall–Kier alpha value is -0.970. The van der Waals surface area contributed by atoms with E-state index in [-0.39, 0.29) is 0 Å². The smallest absolute Gasteiger partial charge is 0.133 e. The molecule has 1 heterocycles. The lowest BCUT2D eigenvalue weighted by atomic mass is 10.3. The standard InChI is InChI=1S/C15H17Cl2N3S/c1-4-5-13-19-14(18-3)9(2)15(20-13)21-10-6-7-11(16)12(17)8-10/h6-8H,4-5H2,1-3H3,(H,18,19,20). The van der Waals surface area contributed by atoms with Crippen LogP contribution in [0.5, 0.6) is 0 Å². The van der Waals surface area contributed by atoms with Crippen LogP contribution in [-0.4, -0.2) is 17.0 Å². The van der Waals surface area contributed by atoms with Crippen molar-refractivity contribution in [3.8, 4) is 0 Å². The Morgan fingerprint density at radius 2 is 1.95 bits per heavy atom. The number of benzene rings is 1. The van der Waals surface area contributed by atoms with Gasteiger partial charge in [-0.3, -0.25) is 0 Å². The maximum Gasteiger partial charge on any atom is 0.133 e. The number of anilines is 1. The summed E-state index contributed by atoms with van der Waals surface area (Å²) in [4.78, 5) is 10.2. The summed E-state index contributed by atoms with van der Waals surface area (Å²) in [5, 5.41) is 5.18. The highest BCUT2D eigenvalue weighted by Crippen LogP contribution is 2.34. The Balaban J connectivity index is 2.37. The summed E-state index contributed by atoms with van der Waals surface area (Å²) in [6, 6.07) is 5.60. The van der Waals surface area contributed by atoms with Crippen LogP contribution in [0, 0.1) is 6.92 Å². The Kier molecular flexibility index (Phi) is 5.73. The largest absolute Gasteiger partial charge is 0.373 e. The zero-order valence-electron chi connectivity index (χ0n) is 12.2. The Morgan fingerprint density at radius 3 is 2.57 bits per heavy atom. The molecule has 21 heavy (non-hydrogen) atoms. The number of aryl methyl sites for hydroxylation is 1. The van der Waals surface area contributed by atoms with Crippen LogP contribution in [-0.2, 0) is 6.42 Å². The van der Waals surface area contributed by atoms with Gasteiger partial charge in [0.2, 0.25) is 0 Å². The van der Waals surface area contributed by atoms with Crippen LogP contribution < -0.4 is 5.32 Å². The van der Waals surface area contributed by atoms with Crippen molar-refractivity contribution in [2.45, 2.75) is 36.6 Å². The van der Waals surface area contributed by atoms with Gasteiger partial charge in [-0.1, -0.05) is 41.9 Å². The van der Waals surface area contributed by atoms with Gasteiger partial charge in [0.05, 0.1) is 10.0 Å². The summed E-state index contributed by atoms with van der Waals surface area (Å²) in [6.45, 7) is 4.13. The highest BCUT2D eigenvalue weighted by molar-refractivity contribution is 7.99. The van der Waals surface area contributed by atoms with Crippen LogP contribution in [0.2, 0.25) is 10.0 Å². The molecule has 0 radical (unpaired) electrons.